The lowest BCUT2D eigenvalue weighted by molar-refractivity contribution is -0.383. The minimum atomic E-state index is -0.779. The van der Waals surface area contributed by atoms with Crippen LogP contribution >= 0.6 is 0 Å². The molecule has 0 aromatic heterocycles. The van der Waals surface area contributed by atoms with Crippen molar-refractivity contribution < 1.29 is 19.2 Å². The van der Waals surface area contributed by atoms with E-state index in [1.54, 1.807) is 0 Å². The highest BCUT2D eigenvalue weighted by Crippen LogP contribution is 2.34. The highest BCUT2D eigenvalue weighted by molar-refractivity contribution is 6.21. The molecule has 1 heterocycles. The molecule has 0 amide bonds. The second kappa shape index (κ2) is 3.36. The lowest BCUT2D eigenvalue weighted by Gasteiger charge is -2.14. The monoisotopic (exact) mass is 243 g/mol. The molecule has 1 aliphatic rings. The van der Waals surface area contributed by atoms with E-state index >= 15 is 0 Å². The number of hydrogen-bond donors (Lipinski definition) is 0. The van der Waals surface area contributed by atoms with Crippen molar-refractivity contribution in [1.82, 2.24) is 0 Å². The topological polar surface area (TPSA) is 86.5 Å². The Balaban J connectivity index is 2.53. The van der Waals surface area contributed by atoms with Gasteiger partial charge in [-0.05, 0) is 18.2 Å². The van der Waals surface area contributed by atoms with Crippen LogP contribution in [0.3, 0.4) is 0 Å². The summed E-state index contributed by atoms with van der Waals surface area (Å²) in [7, 11) is 0. The average Bonchev–Trinajstić information content (AvgIpc) is 2.34. The van der Waals surface area contributed by atoms with Crippen LogP contribution in [0.4, 0.5) is 5.69 Å². The maximum absolute atomic E-state index is 11.6. The predicted octanol–water partition coefficient (Wildman–Crippen LogP) is 2.06. The summed E-state index contributed by atoms with van der Waals surface area (Å²) in [6, 6.07) is 7.04. The lowest BCUT2D eigenvalue weighted by Crippen LogP contribution is -2.19. The van der Waals surface area contributed by atoms with Crippen LogP contribution < -0.4 is 0 Å². The second-order valence-corrected chi connectivity index (χ2v) is 3.79. The van der Waals surface area contributed by atoms with Gasteiger partial charge in [0.15, 0.2) is 0 Å². The highest BCUT2D eigenvalue weighted by Gasteiger charge is 2.29. The number of rotatable bonds is 1. The molecule has 2 aromatic carbocycles. The Morgan fingerprint density at radius 1 is 1.00 bits per heavy atom. The quantitative estimate of drug-likeness (QED) is 0.331. The molecule has 0 radical (unpaired) electrons. The van der Waals surface area contributed by atoms with Crippen LogP contribution in [-0.2, 0) is 4.74 Å². The van der Waals surface area contributed by atoms with Gasteiger partial charge in [0.2, 0.25) is 0 Å². The zero-order valence-electron chi connectivity index (χ0n) is 8.88. The maximum atomic E-state index is 11.6. The van der Waals surface area contributed by atoms with Crippen molar-refractivity contribution in [3.8, 4) is 0 Å². The fraction of sp³-hybridized carbons (Fsp3) is 0. The Labute approximate surface area is 99.9 Å². The first-order valence-electron chi connectivity index (χ1n) is 5.06. The van der Waals surface area contributed by atoms with E-state index in [-0.39, 0.29) is 27.6 Å². The van der Waals surface area contributed by atoms with E-state index in [9.17, 15) is 19.7 Å². The molecule has 0 unspecified atom stereocenters. The fourth-order valence-corrected chi connectivity index (χ4v) is 2.08. The number of non-ortho nitro benzene ring substituents is 1. The van der Waals surface area contributed by atoms with Crippen molar-refractivity contribution in [3.05, 3.63) is 51.6 Å². The van der Waals surface area contributed by atoms with Gasteiger partial charge in [-0.15, -0.1) is 0 Å². The zero-order chi connectivity index (χ0) is 12.9. The van der Waals surface area contributed by atoms with Crippen molar-refractivity contribution in [3.63, 3.8) is 0 Å². The molecule has 2 aromatic rings. The molecule has 0 fully saturated rings. The molecule has 0 saturated carbocycles. The molecule has 6 nitrogen and oxygen atoms in total. The molecule has 3 rings (SSSR count). The number of nitrogens with zero attached hydrogens (tertiary/aromatic N) is 1. The van der Waals surface area contributed by atoms with E-state index in [1.807, 2.05) is 0 Å². The number of nitro groups is 1. The summed E-state index contributed by atoms with van der Waals surface area (Å²) in [5.41, 5.74) is 0.203. The first kappa shape index (κ1) is 10.4. The smallest absolute Gasteiger partial charge is 0.346 e. The zero-order valence-corrected chi connectivity index (χ0v) is 8.88. The largest absolute Gasteiger partial charge is 0.386 e. The van der Waals surface area contributed by atoms with Gasteiger partial charge in [0.05, 0.1) is 21.4 Å². The lowest BCUT2D eigenvalue weighted by atomic mass is 9.96. The molecule has 0 aliphatic carbocycles. The fourth-order valence-electron chi connectivity index (χ4n) is 2.08. The van der Waals surface area contributed by atoms with Crippen LogP contribution in [-0.4, -0.2) is 16.9 Å². The molecule has 0 bridgehead atoms. The second-order valence-electron chi connectivity index (χ2n) is 3.79. The number of carbonyl (C=O) groups is 2. The summed E-state index contributed by atoms with van der Waals surface area (Å²) >= 11 is 0. The van der Waals surface area contributed by atoms with E-state index in [0.29, 0.717) is 0 Å². The number of nitro benzene ring substituents is 1. The standard InChI is InChI=1S/C12H5NO5/c14-11-7-3-1-2-6-9(13(16)17)5-4-8(10(6)7)12(15)18-11/h1-5H. The van der Waals surface area contributed by atoms with Gasteiger partial charge in [-0.1, -0.05) is 6.07 Å². The van der Waals surface area contributed by atoms with Crippen molar-refractivity contribution in [1.29, 1.82) is 0 Å². The van der Waals surface area contributed by atoms with E-state index in [0.717, 1.165) is 0 Å². The van der Waals surface area contributed by atoms with Crippen LogP contribution in [0.15, 0.2) is 30.3 Å². The van der Waals surface area contributed by atoms with Crippen LogP contribution in [0.1, 0.15) is 20.7 Å². The Hall–Kier alpha value is -2.76. The van der Waals surface area contributed by atoms with Gasteiger partial charge in [-0.2, -0.15) is 0 Å². The molecule has 0 spiro atoms. The van der Waals surface area contributed by atoms with E-state index in [4.69, 9.17) is 0 Å². The first-order chi connectivity index (χ1) is 8.59. The number of benzene rings is 2. The summed E-state index contributed by atoms with van der Waals surface area (Å²) in [6.07, 6.45) is 0. The summed E-state index contributed by atoms with van der Waals surface area (Å²) in [6.45, 7) is 0. The van der Waals surface area contributed by atoms with Gasteiger partial charge in [0, 0.05) is 11.5 Å². The summed E-state index contributed by atoms with van der Waals surface area (Å²) < 4.78 is 4.56. The summed E-state index contributed by atoms with van der Waals surface area (Å²) in [4.78, 5) is 33.5. The number of esters is 2. The van der Waals surface area contributed by atoms with Gasteiger partial charge >= 0.3 is 11.9 Å². The molecule has 0 N–H and O–H groups in total. The number of hydrogen-bond acceptors (Lipinski definition) is 5. The van der Waals surface area contributed by atoms with Crippen LogP contribution in [0.25, 0.3) is 10.8 Å². The third kappa shape index (κ3) is 1.22. The van der Waals surface area contributed by atoms with Crippen molar-refractivity contribution >= 4 is 28.4 Å². The molecule has 0 saturated heterocycles. The van der Waals surface area contributed by atoms with Gasteiger partial charge in [0.25, 0.3) is 5.69 Å². The number of cyclic esters (lactones) is 2. The summed E-state index contributed by atoms with van der Waals surface area (Å²) in [5.74, 6) is -1.56. The van der Waals surface area contributed by atoms with Gasteiger partial charge in [-0.3, -0.25) is 10.1 Å². The number of ether oxygens (including phenoxy) is 1. The third-order valence-electron chi connectivity index (χ3n) is 2.84. The molecular formula is C12H5NO5. The Morgan fingerprint density at radius 3 is 2.33 bits per heavy atom. The first-order valence-corrected chi connectivity index (χ1v) is 5.06. The molecule has 6 heteroatoms. The average molecular weight is 243 g/mol. The predicted molar refractivity (Wildman–Crippen MR) is 60.3 cm³/mol. The summed E-state index contributed by atoms with van der Waals surface area (Å²) in [5, 5.41) is 11.5. The molecular weight excluding hydrogens is 238 g/mol. The third-order valence-corrected chi connectivity index (χ3v) is 2.84. The Kier molecular flexibility index (Phi) is 1.94. The minimum absolute atomic E-state index is 0.141. The molecule has 0 atom stereocenters. The van der Waals surface area contributed by atoms with Gasteiger partial charge in [-0.25, -0.2) is 9.59 Å². The van der Waals surface area contributed by atoms with Gasteiger partial charge < -0.3 is 4.74 Å². The van der Waals surface area contributed by atoms with Crippen molar-refractivity contribution in [2.75, 3.05) is 0 Å². The van der Waals surface area contributed by atoms with E-state index < -0.39 is 16.9 Å². The van der Waals surface area contributed by atoms with Crippen LogP contribution in [0.5, 0.6) is 0 Å². The minimum Gasteiger partial charge on any atom is -0.386 e. The molecule has 1 aliphatic heterocycles. The van der Waals surface area contributed by atoms with Crippen LogP contribution in [0.2, 0.25) is 0 Å². The van der Waals surface area contributed by atoms with Crippen molar-refractivity contribution in [2.45, 2.75) is 0 Å². The Morgan fingerprint density at radius 2 is 1.67 bits per heavy atom. The molecule has 18 heavy (non-hydrogen) atoms. The Bertz CT molecular complexity index is 714. The SMILES string of the molecule is O=C1OC(=O)c2ccc([N+](=O)[O-])c3cccc1c23. The van der Waals surface area contributed by atoms with Crippen molar-refractivity contribution in [2.24, 2.45) is 0 Å². The van der Waals surface area contributed by atoms with Crippen LogP contribution in [0, 0.1) is 10.1 Å². The number of carbonyl (C=O) groups excluding carboxylic acids is 2. The molecule has 88 valence electrons. The van der Waals surface area contributed by atoms with Gasteiger partial charge in [0.1, 0.15) is 0 Å². The van der Waals surface area contributed by atoms with E-state index in [2.05, 4.69) is 4.74 Å². The normalized spacial score (nSPS) is 13.6. The van der Waals surface area contributed by atoms with E-state index in [1.165, 1.54) is 30.3 Å². The maximum Gasteiger partial charge on any atom is 0.346 e. The highest BCUT2D eigenvalue weighted by atomic mass is 16.6.